The molecule has 12 heteroatoms. The average molecular weight is 556 g/mol. The van der Waals surface area contributed by atoms with Crippen LogP contribution in [0.25, 0.3) is 0 Å². The quantitative estimate of drug-likeness (QED) is 0.366. The molecule has 3 amide bonds. The van der Waals surface area contributed by atoms with Crippen molar-refractivity contribution in [3.63, 3.8) is 0 Å². The fourth-order valence-electron chi connectivity index (χ4n) is 4.09. The lowest BCUT2D eigenvalue weighted by molar-refractivity contribution is 0.0480. The molecule has 1 aromatic carbocycles. The zero-order chi connectivity index (χ0) is 28.5. The standard InChI is InChI=1S/C26H39ClFN5O5/c1-24(2,3)37-22(35)29-13-26(7)10-11-33(14-26)20-17(28)12-16(19(18(20)27)30-15-8-9-15)21(34)31-32-23(36)38-25(4,5)6/h12,15,30H,8-11,13-14H2,1-7H3,(H,29,35)(H,31,34)(H,32,36). The summed E-state index contributed by atoms with van der Waals surface area (Å²) in [5.41, 5.74) is 3.19. The van der Waals surface area contributed by atoms with Gasteiger partial charge < -0.3 is 25.0 Å². The van der Waals surface area contributed by atoms with E-state index in [9.17, 15) is 14.4 Å². The number of nitrogens with one attached hydrogen (secondary N) is 4. The molecule has 0 radical (unpaired) electrons. The molecule has 1 heterocycles. The van der Waals surface area contributed by atoms with Crippen molar-refractivity contribution in [3.05, 3.63) is 22.5 Å². The predicted molar refractivity (Wildman–Crippen MR) is 144 cm³/mol. The first-order valence-electron chi connectivity index (χ1n) is 12.8. The molecule has 3 rings (SSSR count). The van der Waals surface area contributed by atoms with Crippen LogP contribution in [0.1, 0.15) is 78.1 Å². The number of halogens is 2. The molecule has 0 spiro atoms. The summed E-state index contributed by atoms with van der Waals surface area (Å²) in [6.45, 7) is 13.8. The van der Waals surface area contributed by atoms with Crippen molar-refractivity contribution in [1.82, 2.24) is 16.2 Å². The van der Waals surface area contributed by atoms with Crippen LogP contribution in [0.4, 0.5) is 25.4 Å². The molecule has 0 bridgehead atoms. The Labute approximate surface area is 228 Å². The van der Waals surface area contributed by atoms with Gasteiger partial charge in [-0.15, -0.1) is 0 Å². The Bertz CT molecular complexity index is 1080. The number of alkyl carbamates (subject to hydrolysis) is 1. The van der Waals surface area contributed by atoms with Gasteiger partial charge in [0.05, 0.1) is 22.0 Å². The normalized spacial score (nSPS) is 19.6. The van der Waals surface area contributed by atoms with Crippen LogP contribution in [-0.4, -0.2) is 55.0 Å². The maximum absolute atomic E-state index is 15.5. The van der Waals surface area contributed by atoms with Crippen LogP contribution in [0.15, 0.2) is 6.07 Å². The van der Waals surface area contributed by atoms with E-state index in [1.165, 1.54) is 0 Å². The van der Waals surface area contributed by atoms with E-state index in [4.69, 9.17) is 21.1 Å². The van der Waals surface area contributed by atoms with E-state index < -0.39 is 35.1 Å². The second kappa shape index (κ2) is 11.0. The zero-order valence-corrected chi connectivity index (χ0v) is 23.9. The average Bonchev–Trinajstić information content (AvgIpc) is 3.50. The van der Waals surface area contributed by atoms with E-state index in [1.807, 2.05) is 11.8 Å². The molecule has 1 atom stereocenters. The van der Waals surface area contributed by atoms with Crippen molar-refractivity contribution in [1.29, 1.82) is 0 Å². The highest BCUT2D eigenvalue weighted by atomic mass is 35.5. The third-order valence-electron chi connectivity index (χ3n) is 5.97. The number of anilines is 2. The summed E-state index contributed by atoms with van der Waals surface area (Å²) < 4.78 is 25.9. The van der Waals surface area contributed by atoms with E-state index in [1.54, 1.807) is 41.5 Å². The Hall–Kier alpha value is -2.95. The first-order valence-corrected chi connectivity index (χ1v) is 13.1. The zero-order valence-electron chi connectivity index (χ0n) is 23.1. The summed E-state index contributed by atoms with van der Waals surface area (Å²) in [7, 11) is 0. The van der Waals surface area contributed by atoms with Crippen molar-refractivity contribution in [2.45, 2.75) is 85.0 Å². The van der Waals surface area contributed by atoms with Gasteiger partial charge >= 0.3 is 12.2 Å². The molecule has 1 saturated heterocycles. The van der Waals surface area contributed by atoms with E-state index in [-0.39, 0.29) is 27.7 Å². The van der Waals surface area contributed by atoms with Gasteiger partial charge in [0.15, 0.2) is 0 Å². The highest BCUT2D eigenvalue weighted by molar-refractivity contribution is 6.37. The molecule has 212 valence electrons. The molecular weight excluding hydrogens is 517 g/mol. The van der Waals surface area contributed by atoms with Gasteiger partial charge in [-0.3, -0.25) is 10.2 Å². The predicted octanol–water partition coefficient (Wildman–Crippen LogP) is 4.96. The summed E-state index contributed by atoms with van der Waals surface area (Å²) in [6.07, 6.45) is 1.14. The summed E-state index contributed by atoms with van der Waals surface area (Å²) in [5, 5.41) is 6.12. The van der Waals surface area contributed by atoms with Crippen LogP contribution >= 0.6 is 11.6 Å². The molecule has 38 heavy (non-hydrogen) atoms. The van der Waals surface area contributed by atoms with E-state index in [0.717, 1.165) is 18.9 Å². The lowest BCUT2D eigenvalue weighted by Gasteiger charge is -2.28. The third kappa shape index (κ3) is 8.28. The largest absolute Gasteiger partial charge is 0.444 e. The van der Waals surface area contributed by atoms with Gasteiger partial charge in [-0.1, -0.05) is 18.5 Å². The SMILES string of the molecule is CC1(CNC(=O)OC(C)(C)C)CCN(c2c(F)cc(C(=O)NNC(=O)OC(C)(C)C)c(NC3CC3)c2Cl)C1. The third-order valence-corrected chi connectivity index (χ3v) is 6.34. The van der Waals surface area contributed by atoms with Crippen LogP contribution in [-0.2, 0) is 9.47 Å². The summed E-state index contributed by atoms with van der Waals surface area (Å²) in [6, 6.07) is 1.24. The number of rotatable bonds is 6. The van der Waals surface area contributed by atoms with E-state index in [0.29, 0.717) is 31.7 Å². The Kier molecular flexibility index (Phi) is 8.60. The van der Waals surface area contributed by atoms with Gasteiger partial charge in [0.1, 0.15) is 17.0 Å². The molecule has 1 aliphatic heterocycles. The smallest absolute Gasteiger partial charge is 0.426 e. The van der Waals surface area contributed by atoms with Crippen molar-refractivity contribution in [2.75, 3.05) is 29.9 Å². The minimum atomic E-state index is -0.845. The maximum atomic E-state index is 15.5. The van der Waals surface area contributed by atoms with Gasteiger partial charge in [0, 0.05) is 31.1 Å². The number of hydrogen-bond acceptors (Lipinski definition) is 7. The number of hydrazine groups is 1. The molecule has 2 aliphatic rings. The number of nitrogens with zero attached hydrogens (tertiary/aromatic N) is 1. The van der Waals surface area contributed by atoms with Crippen molar-refractivity contribution < 1.29 is 28.2 Å². The van der Waals surface area contributed by atoms with Crippen LogP contribution in [0.2, 0.25) is 5.02 Å². The molecular formula is C26H39ClFN5O5. The van der Waals surface area contributed by atoms with Crippen molar-refractivity contribution in [2.24, 2.45) is 5.41 Å². The Morgan fingerprint density at radius 1 is 1.08 bits per heavy atom. The first-order chi connectivity index (χ1) is 17.5. The number of carbonyl (C=O) groups is 3. The summed E-state index contributed by atoms with van der Waals surface area (Å²) in [4.78, 5) is 38.8. The molecule has 2 fully saturated rings. The van der Waals surface area contributed by atoms with Gasteiger partial charge in [-0.05, 0) is 66.9 Å². The summed E-state index contributed by atoms with van der Waals surface area (Å²) in [5.74, 6) is -1.40. The minimum Gasteiger partial charge on any atom is -0.444 e. The van der Waals surface area contributed by atoms with Crippen LogP contribution in [0.5, 0.6) is 0 Å². The van der Waals surface area contributed by atoms with Crippen molar-refractivity contribution >= 4 is 41.1 Å². The fourth-order valence-corrected chi connectivity index (χ4v) is 4.45. The topological polar surface area (TPSA) is 121 Å². The molecule has 1 unspecified atom stereocenters. The monoisotopic (exact) mass is 555 g/mol. The second-order valence-electron chi connectivity index (χ2n) is 12.3. The first kappa shape index (κ1) is 29.6. The molecule has 1 aliphatic carbocycles. The maximum Gasteiger partial charge on any atom is 0.426 e. The van der Waals surface area contributed by atoms with Gasteiger partial charge in [-0.2, -0.15) is 0 Å². The number of carbonyl (C=O) groups excluding carboxylic acids is 3. The van der Waals surface area contributed by atoms with E-state index >= 15 is 4.39 Å². The lowest BCUT2D eigenvalue weighted by Crippen LogP contribution is -2.44. The van der Waals surface area contributed by atoms with Crippen LogP contribution in [0.3, 0.4) is 0 Å². The number of amides is 3. The highest BCUT2D eigenvalue weighted by Gasteiger charge is 2.38. The molecule has 4 N–H and O–H groups in total. The number of hydrogen-bond donors (Lipinski definition) is 4. The van der Waals surface area contributed by atoms with Crippen molar-refractivity contribution in [3.8, 4) is 0 Å². The molecule has 10 nitrogen and oxygen atoms in total. The van der Waals surface area contributed by atoms with E-state index in [2.05, 4.69) is 21.5 Å². The fraction of sp³-hybridized carbons (Fsp3) is 0.654. The highest BCUT2D eigenvalue weighted by Crippen LogP contribution is 2.43. The van der Waals surface area contributed by atoms with Gasteiger partial charge in [0.25, 0.3) is 5.91 Å². The number of benzene rings is 1. The molecule has 0 aromatic heterocycles. The minimum absolute atomic E-state index is 0.0345. The molecule has 1 saturated carbocycles. The Morgan fingerprint density at radius 3 is 2.26 bits per heavy atom. The van der Waals surface area contributed by atoms with Gasteiger partial charge in [0.2, 0.25) is 0 Å². The summed E-state index contributed by atoms with van der Waals surface area (Å²) >= 11 is 6.73. The number of ether oxygens (including phenoxy) is 2. The Balaban J connectivity index is 1.76. The van der Waals surface area contributed by atoms with Crippen LogP contribution < -0.4 is 26.4 Å². The van der Waals surface area contributed by atoms with Gasteiger partial charge in [-0.25, -0.2) is 19.4 Å². The Morgan fingerprint density at radius 2 is 1.68 bits per heavy atom. The second-order valence-corrected chi connectivity index (χ2v) is 12.7. The lowest BCUT2D eigenvalue weighted by atomic mass is 9.90. The van der Waals surface area contributed by atoms with Crippen LogP contribution in [0, 0.1) is 11.2 Å². The molecule has 1 aromatic rings.